The van der Waals surface area contributed by atoms with Crippen LogP contribution in [0.5, 0.6) is 0 Å². The number of carbonyl (C=O) groups is 7. The molecule has 492 valence electrons. The second-order valence-electron chi connectivity index (χ2n) is 27.1. The van der Waals surface area contributed by atoms with Gasteiger partial charge < -0.3 is 69.4 Å². The van der Waals surface area contributed by atoms with Gasteiger partial charge in [0.2, 0.25) is 41.4 Å². The SMILES string of the molecule is CC1=C2N=C(C=C3NC(=C(C)C4=N[C@@](C)([C@@H]5N=C1[C@](C)(CCC(=O)NC[C@@H](C)OP(=O)(O)O[C@H]1[C@@H](O)[C@@H](n6cnc7cc(C)c(C)cc76)O[C@H]1CO)[C@H]5CC(N)=O)[C@@](C)(CC(N)=O)[C@@H]4CCC(N)=O)[C@@](C)(CC(N)=O)[C@H]3CCC(N)=O)C(C)(C)[C@H]2CCC(N)=O. The Kier molecular flexibility index (Phi) is 19.6. The first-order chi connectivity index (χ1) is 41.8. The Bertz CT molecular complexity index is 3540. The van der Waals surface area contributed by atoms with Gasteiger partial charge in [0.1, 0.15) is 18.3 Å². The van der Waals surface area contributed by atoms with Crippen molar-refractivity contribution in [1.29, 1.82) is 0 Å². The Labute approximate surface area is 523 Å². The fourth-order valence-corrected chi connectivity index (χ4v) is 16.6. The van der Waals surface area contributed by atoms with Gasteiger partial charge in [-0.3, -0.25) is 57.6 Å². The zero-order chi connectivity index (χ0) is 66.7. The lowest BCUT2D eigenvalue weighted by Crippen LogP contribution is -2.56. The van der Waals surface area contributed by atoms with E-state index in [1.807, 2.05) is 87.4 Å². The summed E-state index contributed by atoms with van der Waals surface area (Å²) >= 11 is 0. The Morgan fingerprint density at radius 1 is 0.800 bits per heavy atom. The maximum absolute atomic E-state index is 14.4. The minimum absolute atomic E-state index is 0.0114. The topological polar surface area (TPSA) is 460 Å². The number of aliphatic hydroxyl groups excluding tert-OH is 2. The predicted octanol–water partition coefficient (Wildman–Crippen LogP) is 3.16. The highest BCUT2D eigenvalue weighted by molar-refractivity contribution is 7.47. The largest absolute Gasteiger partial charge is 0.472 e. The number of phosphoric acid groups is 1. The van der Waals surface area contributed by atoms with Crippen LogP contribution in [0.4, 0.5) is 0 Å². The third-order valence-corrected chi connectivity index (χ3v) is 21.7. The zero-order valence-electron chi connectivity index (χ0n) is 53.3. The summed E-state index contributed by atoms with van der Waals surface area (Å²) < 4.78 is 32.3. The molecule has 6 aliphatic rings. The summed E-state index contributed by atoms with van der Waals surface area (Å²) in [6.45, 7) is 19.3. The molecule has 1 aromatic heterocycles. The van der Waals surface area contributed by atoms with Gasteiger partial charge in [-0.15, -0.1) is 0 Å². The number of imidazole rings is 1. The first kappa shape index (κ1) is 68.9. The number of allylic oxidation sites excluding steroid dienone is 6. The van der Waals surface area contributed by atoms with Gasteiger partial charge in [0.05, 0.1) is 41.7 Å². The molecule has 15 atom stereocenters. The lowest BCUT2D eigenvalue weighted by atomic mass is 9.55. The Morgan fingerprint density at radius 2 is 1.40 bits per heavy atom. The molecule has 2 fully saturated rings. The smallest absolute Gasteiger partial charge is 0.394 e. The maximum atomic E-state index is 14.4. The lowest BCUT2D eigenvalue weighted by Gasteiger charge is -2.48. The van der Waals surface area contributed by atoms with Crippen molar-refractivity contribution in [3.63, 3.8) is 0 Å². The lowest BCUT2D eigenvalue weighted by molar-refractivity contribution is -0.124. The molecular weight excluding hydrogens is 1180 g/mol. The van der Waals surface area contributed by atoms with Crippen LogP contribution in [0.15, 0.2) is 67.8 Å². The minimum Gasteiger partial charge on any atom is -0.394 e. The van der Waals surface area contributed by atoms with Gasteiger partial charge in [-0.05, 0) is 108 Å². The normalized spacial score (nSPS) is 32.0. The standard InChI is InChI=1S/C62H90N13O14P/c1-29-20-39-40(21-30(29)2)75(28-70-39)57-52(84)53(41(27-76)87-57)89-90(85,86)88-31(3)26-69-49(83)18-19-59(8)37(22-46(66)80)56-62(11)61(10,25-48(68)82)36(14-17-45(65)79)51(74-62)33(5)55-60(9,24-47(67)81)34(12-15-43(63)77)38(71-55)23-42-58(6,7)35(13-16-44(64)78)50(72-42)32(4)54(59)73-56/h20-21,23,28,31,34-37,41,52-53,56-57,71,76,84H,12-19,22,24-27H2,1-11H3,(H2,63,77)(H2,64,78)(H2,65,79)(H2,66,80)(H2,67,81)(H2,68,82)(H,69,83)(H,85,86)/t31-,34+,35+,36-,37+,41+,52-,53-,56-,57+,59-,60+,61+,62+/m1/s1. The van der Waals surface area contributed by atoms with E-state index in [1.54, 1.807) is 4.57 Å². The van der Waals surface area contributed by atoms with Crippen LogP contribution < -0.4 is 45.0 Å². The average molecular weight is 1270 g/mol. The van der Waals surface area contributed by atoms with Crippen LogP contribution >= 0.6 is 7.82 Å². The third kappa shape index (κ3) is 13.0. The van der Waals surface area contributed by atoms with Gasteiger partial charge in [0.15, 0.2) is 6.23 Å². The van der Waals surface area contributed by atoms with Crippen molar-refractivity contribution in [1.82, 2.24) is 20.2 Å². The molecule has 17 N–H and O–H groups in total. The van der Waals surface area contributed by atoms with E-state index in [2.05, 4.69) is 15.6 Å². The van der Waals surface area contributed by atoms with Crippen molar-refractivity contribution in [3.05, 3.63) is 63.9 Å². The summed E-state index contributed by atoms with van der Waals surface area (Å²) in [4.78, 5) is 126. The number of aromatic nitrogens is 2. The minimum atomic E-state index is -5.07. The summed E-state index contributed by atoms with van der Waals surface area (Å²) in [7, 11) is -5.07. The molecule has 27 nitrogen and oxygen atoms in total. The van der Waals surface area contributed by atoms with Crippen molar-refractivity contribution in [2.75, 3.05) is 13.2 Å². The van der Waals surface area contributed by atoms with Gasteiger partial charge in [0, 0.05) is 131 Å². The highest BCUT2D eigenvalue weighted by Gasteiger charge is 2.66. The fraction of sp³-hybridized carbons (Fsp3) is 0.629. The van der Waals surface area contributed by atoms with E-state index in [4.69, 9.17) is 63.2 Å². The number of rotatable bonds is 26. The van der Waals surface area contributed by atoms with Crippen molar-refractivity contribution in [2.45, 2.75) is 189 Å². The maximum Gasteiger partial charge on any atom is 0.472 e. The number of nitrogens with one attached hydrogen (secondary N) is 2. The van der Waals surface area contributed by atoms with Gasteiger partial charge in [-0.2, -0.15) is 0 Å². The number of aliphatic imine (C=N–C) groups is 3. The van der Waals surface area contributed by atoms with Crippen molar-refractivity contribution in [3.8, 4) is 0 Å². The molecule has 28 heteroatoms. The quantitative estimate of drug-likeness (QED) is 0.0603. The van der Waals surface area contributed by atoms with Crippen LogP contribution in [0, 0.1) is 59.2 Å². The summed E-state index contributed by atoms with van der Waals surface area (Å²) in [5.74, 6) is -7.18. The zero-order valence-corrected chi connectivity index (χ0v) is 54.1. The summed E-state index contributed by atoms with van der Waals surface area (Å²) in [6, 6.07) is 2.70. The molecule has 2 aromatic rings. The van der Waals surface area contributed by atoms with E-state index in [0.29, 0.717) is 56.4 Å². The highest BCUT2D eigenvalue weighted by atomic mass is 31.2. The molecule has 8 bridgehead atoms. The summed E-state index contributed by atoms with van der Waals surface area (Å²) in [5, 5.41) is 28.2. The molecule has 1 aromatic carbocycles. The molecule has 0 spiro atoms. The number of nitrogens with zero attached hydrogens (tertiary/aromatic N) is 5. The molecule has 6 aliphatic heterocycles. The van der Waals surface area contributed by atoms with Gasteiger partial charge in [0.25, 0.3) is 0 Å². The summed E-state index contributed by atoms with van der Waals surface area (Å²) in [5.41, 5.74) is 37.4. The second kappa shape index (κ2) is 25.6. The molecule has 8 rings (SSSR count). The van der Waals surface area contributed by atoms with Crippen LogP contribution in [-0.2, 0) is 51.9 Å². The number of carbonyl (C=O) groups excluding carboxylic acids is 7. The number of hydrogen-bond donors (Lipinski definition) is 11. The van der Waals surface area contributed by atoms with Gasteiger partial charge in [-0.1, -0.05) is 34.6 Å². The van der Waals surface area contributed by atoms with E-state index in [-0.39, 0.29) is 77.2 Å². The molecule has 0 radical (unpaired) electrons. The van der Waals surface area contributed by atoms with E-state index in [0.717, 1.165) is 11.1 Å². The number of hydrogen-bond acceptors (Lipinski definition) is 18. The first-order valence-electron chi connectivity index (χ1n) is 30.6. The molecule has 7 amide bonds. The van der Waals surface area contributed by atoms with E-state index < -0.39 is 143 Å². The molecular formula is C62H90N13O14P. The highest BCUT2D eigenvalue weighted by Crippen LogP contribution is 2.63. The molecule has 0 aliphatic carbocycles. The number of ether oxygens (including phenoxy) is 1. The molecule has 1 unspecified atom stereocenters. The monoisotopic (exact) mass is 1270 g/mol. The number of nitrogens with two attached hydrogens (primary N) is 6. The van der Waals surface area contributed by atoms with E-state index >= 15 is 0 Å². The Balaban J connectivity index is 1.19. The fourth-order valence-electron chi connectivity index (χ4n) is 15.4. The van der Waals surface area contributed by atoms with Crippen LogP contribution in [0.1, 0.15) is 150 Å². The second-order valence-corrected chi connectivity index (χ2v) is 28.4. The van der Waals surface area contributed by atoms with Gasteiger partial charge >= 0.3 is 7.82 Å². The van der Waals surface area contributed by atoms with Crippen molar-refractivity contribution in [2.24, 2.45) is 94.7 Å². The van der Waals surface area contributed by atoms with Crippen LogP contribution in [-0.4, -0.2) is 132 Å². The number of benzene rings is 1. The van der Waals surface area contributed by atoms with Crippen molar-refractivity contribution < 1.29 is 67.0 Å². The average Bonchev–Trinajstić information content (AvgIpc) is 1.53. The number of fused-ring (bicyclic) bond motifs is 7. The molecule has 7 heterocycles. The molecule has 0 saturated carbocycles. The number of aliphatic hydroxyl groups is 2. The van der Waals surface area contributed by atoms with Crippen molar-refractivity contribution >= 4 is 77.3 Å². The Morgan fingerprint density at radius 3 is 1.99 bits per heavy atom. The number of primary amides is 6. The molecule has 90 heavy (non-hydrogen) atoms. The van der Waals surface area contributed by atoms with Crippen LogP contribution in [0.3, 0.4) is 0 Å². The summed E-state index contributed by atoms with van der Waals surface area (Å²) in [6.07, 6.45) is -4.26. The van der Waals surface area contributed by atoms with Crippen LogP contribution in [0.25, 0.3) is 11.0 Å². The van der Waals surface area contributed by atoms with E-state index in [1.165, 1.54) is 13.3 Å². The van der Waals surface area contributed by atoms with Gasteiger partial charge in [-0.25, -0.2) is 9.55 Å². The molecule has 2 saturated heterocycles. The van der Waals surface area contributed by atoms with Crippen LogP contribution in [0.2, 0.25) is 0 Å². The predicted molar refractivity (Wildman–Crippen MR) is 334 cm³/mol. The Hall–Kier alpha value is -7.00. The number of aryl methyl sites for hydroxylation is 2. The van der Waals surface area contributed by atoms with E-state index in [9.17, 15) is 53.2 Å². The third-order valence-electron chi connectivity index (χ3n) is 20.6. The number of phosphoric ester groups is 1. The first-order valence-corrected chi connectivity index (χ1v) is 32.1. The number of amides is 7.